The maximum Gasteiger partial charge on any atom is 0.332 e. The van der Waals surface area contributed by atoms with Crippen LogP contribution in [0.5, 0.6) is 0 Å². The summed E-state index contributed by atoms with van der Waals surface area (Å²) in [7, 11) is 1.77. The molecule has 4 aliphatic rings. The fourth-order valence-corrected chi connectivity index (χ4v) is 4.10. The lowest BCUT2D eigenvalue weighted by Gasteiger charge is -2.40. The first-order valence-corrected chi connectivity index (χ1v) is 6.65. The van der Waals surface area contributed by atoms with E-state index >= 15 is 0 Å². The fourth-order valence-electron chi connectivity index (χ4n) is 4.10. The lowest BCUT2D eigenvalue weighted by Crippen LogP contribution is -2.51. The van der Waals surface area contributed by atoms with Crippen molar-refractivity contribution in [2.45, 2.75) is 43.1 Å². The van der Waals surface area contributed by atoms with Gasteiger partial charge < -0.3 is 9.47 Å². The van der Waals surface area contributed by atoms with Crippen LogP contribution >= 0.6 is 0 Å². The van der Waals surface area contributed by atoms with E-state index in [4.69, 9.17) is 9.47 Å². The Balaban J connectivity index is 1.75. The van der Waals surface area contributed by atoms with E-state index in [1.165, 1.54) is 0 Å². The minimum Gasteiger partial charge on any atom is -0.449 e. The number of hydrogen-bond acceptors (Lipinski definition) is 4. The zero-order valence-electron chi connectivity index (χ0n) is 10.5. The van der Waals surface area contributed by atoms with Crippen molar-refractivity contribution in [3.8, 4) is 0 Å². The minimum atomic E-state index is -0.381. The first-order chi connectivity index (χ1) is 8.73. The van der Waals surface area contributed by atoms with Crippen LogP contribution in [0.1, 0.15) is 19.3 Å². The molecule has 0 aromatic carbocycles. The molecular formula is C14H17NO3. The SMILES string of the molecule is CO[C@@H]1CCN2[C@@H]3C=CC4=CC(=O)O[C@]4(C3)[C@H]2C1. The molecule has 0 N–H and O–H groups in total. The molecule has 3 heterocycles. The number of hydrogen-bond donors (Lipinski definition) is 0. The van der Waals surface area contributed by atoms with Gasteiger partial charge in [0.15, 0.2) is 5.60 Å². The standard InChI is InChI=1S/C14H17NO3/c1-17-11-4-5-15-10-3-2-9-6-13(16)18-14(9,8-10)12(15)7-11/h2-3,6,10-12H,4-5,7-8H2,1H3/t10-,11-,12-,14+/m1/s1. The first kappa shape index (κ1) is 10.8. The highest BCUT2D eigenvalue weighted by Crippen LogP contribution is 2.51. The summed E-state index contributed by atoms with van der Waals surface area (Å²) in [6.07, 6.45) is 9.20. The van der Waals surface area contributed by atoms with Crippen LogP contribution in [0.4, 0.5) is 0 Å². The number of esters is 1. The van der Waals surface area contributed by atoms with Gasteiger partial charge in [-0.05, 0) is 12.8 Å². The molecule has 3 aliphatic heterocycles. The van der Waals surface area contributed by atoms with Crippen molar-refractivity contribution in [2.75, 3.05) is 13.7 Å². The van der Waals surface area contributed by atoms with Gasteiger partial charge in [0.05, 0.1) is 12.1 Å². The molecule has 2 saturated heterocycles. The smallest absolute Gasteiger partial charge is 0.332 e. The lowest BCUT2D eigenvalue weighted by atomic mass is 9.80. The number of fused-ring (bicyclic) bond motifs is 3. The van der Waals surface area contributed by atoms with Crippen molar-refractivity contribution in [3.63, 3.8) is 0 Å². The third kappa shape index (κ3) is 1.20. The quantitative estimate of drug-likeness (QED) is 0.649. The van der Waals surface area contributed by atoms with Gasteiger partial charge in [-0.3, -0.25) is 4.90 Å². The number of piperidine rings is 1. The molecule has 1 aliphatic carbocycles. The zero-order valence-corrected chi connectivity index (χ0v) is 10.5. The molecule has 1 spiro atoms. The molecule has 0 aromatic rings. The maximum absolute atomic E-state index is 11.6. The molecule has 2 bridgehead atoms. The van der Waals surface area contributed by atoms with Gasteiger partial charge in [0, 0.05) is 37.8 Å². The Kier molecular flexibility index (Phi) is 2.07. The zero-order chi connectivity index (χ0) is 12.3. The van der Waals surface area contributed by atoms with Gasteiger partial charge in [0.2, 0.25) is 0 Å². The molecule has 4 heteroatoms. The number of ether oxygens (including phenoxy) is 2. The van der Waals surface area contributed by atoms with Gasteiger partial charge in [-0.25, -0.2) is 4.79 Å². The van der Waals surface area contributed by atoms with Crippen LogP contribution in [-0.2, 0) is 14.3 Å². The second-order valence-corrected chi connectivity index (χ2v) is 5.68. The van der Waals surface area contributed by atoms with Gasteiger partial charge in [0.25, 0.3) is 0 Å². The maximum atomic E-state index is 11.6. The Morgan fingerprint density at radius 3 is 3.28 bits per heavy atom. The Morgan fingerprint density at radius 1 is 1.56 bits per heavy atom. The predicted octanol–water partition coefficient (Wildman–Crippen LogP) is 1.03. The molecule has 0 unspecified atom stereocenters. The molecule has 0 aromatic heterocycles. The van der Waals surface area contributed by atoms with Gasteiger partial charge in [0.1, 0.15) is 0 Å². The second kappa shape index (κ2) is 3.45. The average Bonchev–Trinajstić information content (AvgIpc) is 2.85. The molecule has 4 rings (SSSR count). The van der Waals surface area contributed by atoms with Crippen molar-refractivity contribution in [1.29, 1.82) is 0 Å². The van der Waals surface area contributed by atoms with Crippen molar-refractivity contribution < 1.29 is 14.3 Å². The highest BCUT2D eigenvalue weighted by molar-refractivity contribution is 5.88. The number of carbonyl (C=O) groups excluding carboxylic acids is 1. The van der Waals surface area contributed by atoms with E-state index < -0.39 is 0 Å². The molecule has 4 nitrogen and oxygen atoms in total. The van der Waals surface area contributed by atoms with Crippen LogP contribution in [0, 0.1) is 0 Å². The van der Waals surface area contributed by atoms with E-state index in [1.54, 1.807) is 13.2 Å². The predicted molar refractivity (Wildman–Crippen MR) is 65.0 cm³/mol. The summed E-state index contributed by atoms with van der Waals surface area (Å²) in [6.45, 7) is 1.03. The second-order valence-electron chi connectivity index (χ2n) is 5.68. The van der Waals surface area contributed by atoms with Gasteiger partial charge in [-0.15, -0.1) is 0 Å². The van der Waals surface area contributed by atoms with Gasteiger partial charge in [-0.2, -0.15) is 0 Å². The van der Waals surface area contributed by atoms with E-state index in [0.717, 1.165) is 31.4 Å². The van der Waals surface area contributed by atoms with E-state index in [9.17, 15) is 4.79 Å². The van der Waals surface area contributed by atoms with Crippen LogP contribution in [-0.4, -0.2) is 48.3 Å². The molecule has 0 radical (unpaired) electrons. The Morgan fingerprint density at radius 2 is 2.44 bits per heavy atom. The van der Waals surface area contributed by atoms with Crippen molar-refractivity contribution >= 4 is 5.97 Å². The summed E-state index contributed by atoms with van der Waals surface area (Å²) < 4.78 is 11.2. The monoisotopic (exact) mass is 247 g/mol. The Hall–Kier alpha value is -1.13. The van der Waals surface area contributed by atoms with E-state index in [0.29, 0.717) is 12.1 Å². The van der Waals surface area contributed by atoms with E-state index in [-0.39, 0.29) is 17.6 Å². The van der Waals surface area contributed by atoms with Crippen molar-refractivity contribution in [1.82, 2.24) is 4.90 Å². The summed E-state index contributed by atoms with van der Waals surface area (Å²) >= 11 is 0. The largest absolute Gasteiger partial charge is 0.449 e. The normalized spacial score (nSPS) is 45.5. The van der Waals surface area contributed by atoms with Crippen molar-refractivity contribution in [2.24, 2.45) is 0 Å². The third-order valence-corrected chi connectivity index (χ3v) is 4.95. The highest BCUT2D eigenvalue weighted by atomic mass is 16.6. The number of carbonyl (C=O) groups is 1. The minimum absolute atomic E-state index is 0.184. The van der Waals surface area contributed by atoms with Crippen LogP contribution in [0.25, 0.3) is 0 Å². The third-order valence-electron chi connectivity index (χ3n) is 4.95. The summed E-state index contributed by atoms with van der Waals surface area (Å²) in [5, 5.41) is 0. The molecule has 96 valence electrons. The van der Waals surface area contributed by atoms with Crippen LogP contribution in [0.15, 0.2) is 23.8 Å². The molecule has 2 fully saturated rings. The summed E-state index contributed by atoms with van der Waals surface area (Å²) in [4.78, 5) is 14.1. The Bertz CT molecular complexity index is 470. The number of nitrogens with zero attached hydrogens (tertiary/aromatic N) is 1. The average molecular weight is 247 g/mol. The van der Waals surface area contributed by atoms with Crippen LogP contribution < -0.4 is 0 Å². The van der Waals surface area contributed by atoms with E-state index in [1.807, 2.05) is 0 Å². The topological polar surface area (TPSA) is 38.8 Å². The Labute approximate surface area is 106 Å². The first-order valence-electron chi connectivity index (χ1n) is 6.65. The molecular weight excluding hydrogens is 230 g/mol. The molecule has 4 atom stereocenters. The number of methoxy groups -OCH3 is 1. The van der Waals surface area contributed by atoms with Crippen LogP contribution in [0.3, 0.4) is 0 Å². The molecule has 0 amide bonds. The van der Waals surface area contributed by atoms with E-state index in [2.05, 4.69) is 17.1 Å². The fraction of sp³-hybridized carbons (Fsp3) is 0.643. The van der Waals surface area contributed by atoms with Gasteiger partial charge >= 0.3 is 5.97 Å². The highest BCUT2D eigenvalue weighted by Gasteiger charge is 2.60. The molecule has 18 heavy (non-hydrogen) atoms. The lowest BCUT2D eigenvalue weighted by molar-refractivity contribution is -0.149. The van der Waals surface area contributed by atoms with Crippen LogP contribution in [0.2, 0.25) is 0 Å². The van der Waals surface area contributed by atoms with Gasteiger partial charge in [-0.1, -0.05) is 12.2 Å². The number of rotatable bonds is 1. The molecule has 0 saturated carbocycles. The summed E-state index contributed by atoms with van der Waals surface area (Å²) in [6, 6.07) is 0.713. The van der Waals surface area contributed by atoms with Crippen molar-refractivity contribution in [3.05, 3.63) is 23.8 Å². The summed E-state index contributed by atoms with van der Waals surface area (Å²) in [5.41, 5.74) is 0.682. The summed E-state index contributed by atoms with van der Waals surface area (Å²) in [5.74, 6) is -0.184.